The van der Waals surface area contributed by atoms with E-state index in [0.29, 0.717) is 25.7 Å². The third-order valence-electron chi connectivity index (χ3n) is 4.39. The number of rotatable bonds is 6. The van der Waals surface area contributed by atoms with Crippen LogP contribution in [0, 0.1) is 0 Å². The monoisotopic (exact) mass is 508 g/mol. The average Bonchev–Trinajstić information content (AvgIpc) is 3.10. The number of benzene rings is 1. The molecule has 0 atom stereocenters. The van der Waals surface area contributed by atoms with Crippen molar-refractivity contribution in [1.29, 1.82) is 0 Å². The van der Waals surface area contributed by atoms with Crippen LogP contribution in [0.2, 0.25) is 0 Å². The predicted octanol–water partition coefficient (Wildman–Crippen LogP) is 3.39. The van der Waals surface area contributed by atoms with Gasteiger partial charge in [-0.3, -0.25) is 9.39 Å². The highest BCUT2D eigenvalue weighted by molar-refractivity contribution is 14.0. The molecule has 2 N–H and O–H groups in total. The number of nitrogens with one attached hydrogen (secondary N) is 2. The van der Waals surface area contributed by atoms with E-state index in [1.54, 1.807) is 7.05 Å². The SMILES string of the molecule is CN=C(NCCOc1cccc(C(C)(C)C)c1)NCc1nnc2ccccn12.I. The van der Waals surface area contributed by atoms with Crippen LogP contribution in [-0.4, -0.2) is 40.8 Å². The molecule has 3 rings (SSSR count). The summed E-state index contributed by atoms with van der Waals surface area (Å²) in [4.78, 5) is 4.24. The third-order valence-corrected chi connectivity index (χ3v) is 4.39. The molecule has 0 bridgehead atoms. The highest BCUT2D eigenvalue weighted by atomic mass is 127. The first-order valence-corrected chi connectivity index (χ1v) is 9.44. The van der Waals surface area contributed by atoms with Crippen LogP contribution in [0.15, 0.2) is 53.7 Å². The standard InChI is InChI=1S/C21H28N6O.HI/c1-21(2,3)16-8-7-9-17(14-16)28-13-11-23-20(22-4)24-15-19-26-25-18-10-5-6-12-27(18)19;/h5-10,12,14H,11,13,15H2,1-4H3,(H2,22,23,24);1H. The van der Waals surface area contributed by atoms with Crippen LogP contribution in [0.4, 0.5) is 0 Å². The number of aliphatic imine (C=N–C) groups is 1. The minimum atomic E-state index is 0. The minimum absolute atomic E-state index is 0. The number of halogens is 1. The molecule has 0 aliphatic heterocycles. The van der Waals surface area contributed by atoms with Crippen molar-refractivity contribution in [2.45, 2.75) is 32.7 Å². The summed E-state index contributed by atoms with van der Waals surface area (Å²) in [7, 11) is 1.74. The van der Waals surface area contributed by atoms with Crippen molar-refractivity contribution in [2.75, 3.05) is 20.2 Å². The average molecular weight is 508 g/mol. The van der Waals surface area contributed by atoms with Crippen molar-refractivity contribution in [1.82, 2.24) is 25.2 Å². The Bertz CT molecular complexity index is 947. The molecule has 2 heterocycles. The molecule has 156 valence electrons. The van der Waals surface area contributed by atoms with Crippen LogP contribution in [-0.2, 0) is 12.0 Å². The zero-order valence-electron chi connectivity index (χ0n) is 17.3. The number of hydrogen-bond acceptors (Lipinski definition) is 4. The van der Waals surface area contributed by atoms with Gasteiger partial charge in [0.2, 0.25) is 0 Å². The van der Waals surface area contributed by atoms with E-state index in [4.69, 9.17) is 4.74 Å². The van der Waals surface area contributed by atoms with Crippen molar-refractivity contribution in [3.05, 3.63) is 60.0 Å². The van der Waals surface area contributed by atoms with Crippen LogP contribution in [0.1, 0.15) is 32.2 Å². The Hall–Kier alpha value is -2.36. The predicted molar refractivity (Wildman–Crippen MR) is 127 cm³/mol. The first kappa shape index (κ1) is 22.9. The minimum Gasteiger partial charge on any atom is -0.492 e. The van der Waals surface area contributed by atoms with E-state index in [-0.39, 0.29) is 29.4 Å². The first-order chi connectivity index (χ1) is 13.5. The quantitative estimate of drug-likeness (QED) is 0.231. The van der Waals surface area contributed by atoms with Gasteiger partial charge in [0.15, 0.2) is 17.4 Å². The summed E-state index contributed by atoms with van der Waals surface area (Å²) in [6, 6.07) is 14.1. The number of pyridine rings is 1. The topological polar surface area (TPSA) is 75.8 Å². The summed E-state index contributed by atoms with van der Waals surface area (Å²) in [5, 5.41) is 14.9. The Kier molecular flexibility index (Phi) is 8.24. The maximum atomic E-state index is 5.87. The van der Waals surface area contributed by atoms with E-state index in [9.17, 15) is 0 Å². The Balaban J connectivity index is 0.00000300. The van der Waals surface area contributed by atoms with E-state index in [1.807, 2.05) is 40.9 Å². The third kappa shape index (κ3) is 6.31. The summed E-state index contributed by atoms with van der Waals surface area (Å²) in [6.45, 7) is 8.30. The van der Waals surface area contributed by atoms with Gasteiger partial charge in [-0.15, -0.1) is 34.2 Å². The second-order valence-corrected chi connectivity index (χ2v) is 7.52. The Morgan fingerprint density at radius 3 is 2.69 bits per heavy atom. The lowest BCUT2D eigenvalue weighted by Gasteiger charge is -2.20. The van der Waals surface area contributed by atoms with Crippen LogP contribution < -0.4 is 15.4 Å². The number of ether oxygens (including phenoxy) is 1. The Morgan fingerprint density at radius 2 is 1.93 bits per heavy atom. The number of hydrogen-bond donors (Lipinski definition) is 2. The number of guanidine groups is 1. The molecule has 0 fully saturated rings. The summed E-state index contributed by atoms with van der Waals surface area (Å²) in [5.41, 5.74) is 2.19. The molecule has 8 heteroatoms. The van der Waals surface area contributed by atoms with Gasteiger partial charge in [0, 0.05) is 13.2 Å². The summed E-state index contributed by atoms with van der Waals surface area (Å²) >= 11 is 0. The molecule has 7 nitrogen and oxygen atoms in total. The zero-order valence-corrected chi connectivity index (χ0v) is 19.7. The van der Waals surface area contributed by atoms with E-state index >= 15 is 0 Å². The first-order valence-electron chi connectivity index (χ1n) is 9.44. The smallest absolute Gasteiger partial charge is 0.191 e. The molecule has 0 amide bonds. The number of fused-ring (bicyclic) bond motifs is 1. The second-order valence-electron chi connectivity index (χ2n) is 7.52. The summed E-state index contributed by atoms with van der Waals surface area (Å²) in [5.74, 6) is 2.40. The van der Waals surface area contributed by atoms with Crippen molar-refractivity contribution in [3.8, 4) is 5.75 Å². The molecule has 0 aliphatic rings. The highest BCUT2D eigenvalue weighted by Crippen LogP contribution is 2.25. The van der Waals surface area contributed by atoms with E-state index in [1.165, 1.54) is 5.56 Å². The largest absolute Gasteiger partial charge is 0.492 e. The van der Waals surface area contributed by atoms with Gasteiger partial charge in [0.1, 0.15) is 12.4 Å². The van der Waals surface area contributed by atoms with Crippen molar-refractivity contribution in [3.63, 3.8) is 0 Å². The molecule has 1 aromatic carbocycles. The van der Waals surface area contributed by atoms with Gasteiger partial charge in [-0.2, -0.15) is 0 Å². The van der Waals surface area contributed by atoms with Gasteiger partial charge in [-0.1, -0.05) is 39.0 Å². The lowest BCUT2D eigenvalue weighted by molar-refractivity contribution is 0.321. The van der Waals surface area contributed by atoms with E-state index in [0.717, 1.165) is 17.2 Å². The number of nitrogens with zero attached hydrogens (tertiary/aromatic N) is 4. The van der Waals surface area contributed by atoms with Crippen LogP contribution in [0.5, 0.6) is 5.75 Å². The molecule has 0 spiro atoms. The lowest BCUT2D eigenvalue weighted by Crippen LogP contribution is -2.39. The highest BCUT2D eigenvalue weighted by Gasteiger charge is 2.13. The number of aromatic nitrogens is 3. The van der Waals surface area contributed by atoms with Crippen molar-refractivity contribution in [2.24, 2.45) is 4.99 Å². The van der Waals surface area contributed by atoms with Gasteiger partial charge in [0.25, 0.3) is 0 Å². The molecule has 2 aromatic heterocycles. The lowest BCUT2D eigenvalue weighted by atomic mass is 9.87. The van der Waals surface area contributed by atoms with Gasteiger partial charge in [-0.25, -0.2) is 0 Å². The summed E-state index contributed by atoms with van der Waals surface area (Å²) in [6.07, 6.45) is 1.95. The zero-order chi connectivity index (χ0) is 20.0. The van der Waals surface area contributed by atoms with Crippen molar-refractivity contribution < 1.29 is 4.74 Å². The molecular weight excluding hydrogens is 479 g/mol. The maximum Gasteiger partial charge on any atom is 0.191 e. The fourth-order valence-corrected chi connectivity index (χ4v) is 2.79. The molecule has 0 aliphatic carbocycles. The van der Waals surface area contributed by atoms with Crippen molar-refractivity contribution >= 4 is 35.6 Å². The fraction of sp³-hybridized carbons (Fsp3) is 0.381. The Labute approximate surface area is 189 Å². The maximum absolute atomic E-state index is 5.87. The fourth-order valence-electron chi connectivity index (χ4n) is 2.79. The Morgan fingerprint density at radius 1 is 1.10 bits per heavy atom. The molecular formula is C21H29IN6O. The van der Waals surface area contributed by atoms with Crippen LogP contribution >= 0.6 is 24.0 Å². The normalized spacial score (nSPS) is 11.8. The van der Waals surface area contributed by atoms with Gasteiger partial charge >= 0.3 is 0 Å². The van der Waals surface area contributed by atoms with Gasteiger partial charge in [0.05, 0.1) is 13.1 Å². The molecule has 0 radical (unpaired) electrons. The molecule has 0 unspecified atom stereocenters. The van der Waals surface area contributed by atoms with E-state index < -0.39 is 0 Å². The molecule has 3 aromatic rings. The second kappa shape index (κ2) is 10.4. The van der Waals surface area contributed by atoms with E-state index in [2.05, 4.69) is 58.7 Å². The molecule has 0 saturated carbocycles. The van der Waals surface area contributed by atoms with Crippen LogP contribution in [0.25, 0.3) is 5.65 Å². The van der Waals surface area contributed by atoms with Gasteiger partial charge in [-0.05, 0) is 35.2 Å². The van der Waals surface area contributed by atoms with Gasteiger partial charge < -0.3 is 15.4 Å². The van der Waals surface area contributed by atoms with Crippen LogP contribution in [0.3, 0.4) is 0 Å². The molecule has 0 saturated heterocycles. The summed E-state index contributed by atoms with van der Waals surface area (Å²) < 4.78 is 7.82. The molecule has 29 heavy (non-hydrogen) atoms.